The molecule has 0 bridgehead atoms. The van der Waals surface area contributed by atoms with E-state index >= 15 is 0 Å². The van der Waals surface area contributed by atoms with Crippen molar-refractivity contribution in [1.82, 2.24) is 9.97 Å². The molecule has 0 saturated heterocycles. The van der Waals surface area contributed by atoms with Crippen LogP contribution in [-0.4, -0.2) is 36.3 Å². The van der Waals surface area contributed by atoms with Crippen LogP contribution in [0.25, 0.3) is 0 Å². The quantitative estimate of drug-likeness (QED) is 0.869. The highest BCUT2D eigenvalue weighted by molar-refractivity contribution is 5.58. The molecular weight excluding hydrogens is 281 g/mol. The average Bonchev–Trinajstić information content (AvgIpc) is 2.37. The molecule has 0 unspecified atom stereocenters. The van der Waals surface area contributed by atoms with Gasteiger partial charge in [0, 0.05) is 31.6 Å². The molecule has 0 aliphatic carbocycles. The minimum absolute atomic E-state index is 0.109. The SMILES string of the molecule is CCNc1nc(C(C)C)nc(N(C)CCC(F)(F)F)c1C. The summed E-state index contributed by atoms with van der Waals surface area (Å²) >= 11 is 0. The molecule has 4 nitrogen and oxygen atoms in total. The second-order valence-corrected chi connectivity index (χ2v) is 5.35. The molecule has 0 fully saturated rings. The van der Waals surface area contributed by atoms with E-state index in [0.29, 0.717) is 24.0 Å². The van der Waals surface area contributed by atoms with Crippen molar-refractivity contribution in [3.05, 3.63) is 11.4 Å². The summed E-state index contributed by atoms with van der Waals surface area (Å²) in [7, 11) is 1.63. The number of rotatable bonds is 6. The molecule has 0 aliphatic rings. The third kappa shape index (κ3) is 5.06. The third-order valence-corrected chi connectivity index (χ3v) is 3.09. The van der Waals surface area contributed by atoms with Crippen LogP contribution in [0.5, 0.6) is 0 Å². The largest absolute Gasteiger partial charge is 0.390 e. The van der Waals surface area contributed by atoms with E-state index in [4.69, 9.17) is 0 Å². The molecule has 0 radical (unpaired) electrons. The van der Waals surface area contributed by atoms with Gasteiger partial charge in [0.15, 0.2) is 0 Å². The van der Waals surface area contributed by atoms with Gasteiger partial charge in [0.2, 0.25) is 0 Å². The van der Waals surface area contributed by atoms with E-state index in [1.807, 2.05) is 27.7 Å². The lowest BCUT2D eigenvalue weighted by Crippen LogP contribution is -2.26. The zero-order chi connectivity index (χ0) is 16.2. The Morgan fingerprint density at radius 2 is 1.86 bits per heavy atom. The zero-order valence-corrected chi connectivity index (χ0v) is 13.2. The van der Waals surface area contributed by atoms with Crippen LogP contribution in [0.15, 0.2) is 0 Å². The molecule has 0 atom stereocenters. The molecule has 0 amide bonds. The number of halogens is 3. The van der Waals surface area contributed by atoms with E-state index in [1.54, 1.807) is 7.05 Å². The summed E-state index contributed by atoms with van der Waals surface area (Å²) in [5, 5.41) is 3.14. The van der Waals surface area contributed by atoms with Crippen molar-refractivity contribution < 1.29 is 13.2 Å². The smallest absolute Gasteiger partial charge is 0.370 e. The van der Waals surface area contributed by atoms with Crippen molar-refractivity contribution in [3.63, 3.8) is 0 Å². The van der Waals surface area contributed by atoms with Crippen molar-refractivity contribution in [2.45, 2.75) is 46.2 Å². The van der Waals surface area contributed by atoms with E-state index in [-0.39, 0.29) is 12.5 Å². The Kier molecular flexibility index (Phi) is 5.80. The molecule has 1 aromatic rings. The normalized spacial score (nSPS) is 11.9. The first kappa shape index (κ1) is 17.5. The summed E-state index contributed by atoms with van der Waals surface area (Å²) in [5.41, 5.74) is 0.769. The van der Waals surface area contributed by atoms with E-state index < -0.39 is 12.6 Å². The van der Waals surface area contributed by atoms with Gasteiger partial charge in [0.05, 0.1) is 6.42 Å². The Morgan fingerprint density at radius 3 is 2.33 bits per heavy atom. The summed E-state index contributed by atoms with van der Waals surface area (Å²) in [6.45, 7) is 8.26. The Morgan fingerprint density at radius 1 is 1.24 bits per heavy atom. The predicted molar refractivity (Wildman–Crippen MR) is 79.0 cm³/mol. The minimum atomic E-state index is -4.17. The summed E-state index contributed by atoms with van der Waals surface area (Å²) in [4.78, 5) is 10.4. The molecule has 1 N–H and O–H groups in total. The lowest BCUT2D eigenvalue weighted by molar-refractivity contribution is -0.132. The van der Waals surface area contributed by atoms with Crippen LogP contribution in [0, 0.1) is 6.92 Å². The maximum absolute atomic E-state index is 12.4. The van der Waals surface area contributed by atoms with Crippen LogP contribution in [0.4, 0.5) is 24.8 Å². The molecule has 0 aliphatic heterocycles. The van der Waals surface area contributed by atoms with Gasteiger partial charge in [-0.3, -0.25) is 0 Å². The first-order valence-electron chi connectivity index (χ1n) is 7.06. The number of hydrogen-bond acceptors (Lipinski definition) is 4. The maximum atomic E-state index is 12.4. The predicted octanol–water partition coefficient (Wildman–Crippen LogP) is 3.73. The molecule has 0 aromatic carbocycles. The number of hydrogen-bond donors (Lipinski definition) is 1. The summed E-state index contributed by atoms with van der Waals surface area (Å²) in [6.07, 6.45) is -5.03. The summed E-state index contributed by atoms with van der Waals surface area (Å²) in [6, 6.07) is 0. The van der Waals surface area contributed by atoms with Crippen molar-refractivity contribution in [2.75, 3.05) is 30.4 Å². The average molecular weight is 304 g/mol. The van der Waals surface area contributed by atoms with Gasteiger partial charge in [-0.25, -0.2) is 9.97 Å². The number of nitrogens with zero attached hydrogens (tertiary/aromatic N) is 3. The van der Waals surface area contributed by atoms with Gasteiger partial charge in [0.25, 0.3) is 0 Å². The molecule has 1 aromatic heterocycles. The van der Waals surface area contributed by atoms with Crippen molar-refractivity contribution >= 4 is 11.6 Å². The van der Waals surface area contributed by atoms with E-state index in [0.717, 1.165) is 5.56 Å². The first-order chi connectivity index (χ1) is 9.65. The van der Waals surface area contributed by atoms with Gasteiger partial charge < -0.3 is 10.2 Å². The molecule has 7 heteroatoms. The fourth-order valence-electron chi connectivity index (χ4n) is 1.89. The number of anilines is 2. The summed E-state index contributed by atoms with van der Waals surface area (Å²) in [5.74, 6) is 1.97. The molecular formula is C14H23F3N4. The molecule has 1 heterocycles. The maximum Gasteiger partial charge on any atom is 0.390 e. The van der Waals surface area contributed by atoms with Crippen LogP contribution in [-0.2, 0) is 0 Å². The third-order valence-electron chi connectivity index (χ3n) is 3.09. The fourth-order valence-corrected chi connectivity index (χ4v) is 1.89. The van der Waals surface area contributed by atoms with Crippen molar-refractivity contribution in [3.8, 4) is 0 Å². The topological polar surface area (TPSA) is 41.1 Å². The molecule has 21 heavy (non-hydrogen) atoms. The number of alkyl halides is 3. The van der Waals surface area contributed by atoms with Crippen LogP contribution in [0.1, 0.15) is 44.5 Å². The second-order valence-electron chi connectivity index (χ2n) is 5.35. The zero-order valence-electron chi connectivity index (χ0n) is 13.2. The number of aromatic nitrogens is 2. The van der Waals surface area contributed by atoms with Gasteiger partial charge in [-0.15, -0.1) is 0 Å². The van der Waals surface area contributed by atoms with Gasteiger partial charge in [-0.05, 0) is 13.8 Å². The first-order valence-corrected chi connectivity index (χ1v) is 7.06. The Bertz CT molecular complexity index is 472. The van der Waals surface area contributed by atoms with Crippen LogP contribution in [0.3, 0.4) is 0 Å². The second kappa shape index (κ2) is 6.95. The van der Waals surface area contributed by atoms with E-state index in [1.165, 1.54) is 4.90 Å². The molecule has 0 saturated carbocycles. The van der Waals surface area contributed by atoms with Gasteiger partial charge in [0.1, 0.15) is 17.5 Å². The van der Waals surface area contributed by atoms with E-state index in [2.05, 4.69) is 15.3 Å². The van der Waals surface area contributed by atoms with Crippen molar-refractivity contribution in [1.29, 1.82) is 0 Å². The van der Waals surface area contributed by atoms with Gasteiger partial charge in [-0.2, -0.15) is 13.2 Å². The standard InChI is InChI=1S/C14H23F3N4/c1-6-18-12-10(4)13(20-11(19-12)9(2)3)21(5)8-7-14(15,16)17/h9H,6-8H2,1-5H3,(H,18,19,20). The highest BCUT2D eigenvalue weighted by Gasteiger charge is 2.28. The lowest BCUT2D eigenvalue weighted by atomic mass is 10.2. The molecule has 0 spiro atoms. The molecule has 120 valence electrons. The Hall–Kier alpha value is -1.53. The summed E-state index contributed by atoms with van der Waals surface area (Å²) < 4.78 is 37.1. The van der Waals surface area contributed by atoms with Crippen LogP contribution in [0.2, 0.25) is 0 Å². The Labute approximate surface area is 123 Å². The van der Waals surface area contributed by atoms with E-state index in [9.17, 15) is 13.2 Å². The van der Waals surface area contributed by atoms with Crippen LogP contribution < -0.4 is 10.2 Å². The number of nitrogens with one attached hydrogen (secondary N) is 1. The van der Waals surface area contributed by atoms with Gasteiger partial charge >= 0.3 is 6.18 Å². The van der Waals surface area contributed by atoms with Crippen LogP contribution >= 0.6 is 0 Å². The highest BCUT2D eigenvalue weighted by atomic mass is 19.4. The highest BCUT2D eigenvalue weighted by Crippen LogP contribution is 2.27. The minimum Gasteiger partial charge on any atom is -0.370 e. The molecule has 1 rings (SSSR count). The fraction of sp³-hybridized carbons (Fsp3) is 0.714. The monoisotopic (exact) mass is 304 g/mol. The lowest BCUT2D eigenvalue weighted by Gasteiger charge is -2.23. The van der Waals surface area contributed by atoms with Gasteiger partial charge in [-0.1, -0.05) is 13.8 Å². The van der Waals surface area contributed by atoms with Crippen molar-refractivity contribution in [2.24, 2.45) is 0 Å². The Balaban J connectivity index is 3.08.